The van der Waals surface area contributed by atoms with Crippen molar-refractivity contribution in [2.24, 2.45) is 5.92 Å². The Kier molecular flexibility index (Phi) is 5.72. The molecule has 1 aromatic carbocycles. The van der Waals surface area contributed by atoms with Crippen LogP contribution in [0.5, 0.6) is 0 Å². The molecular weight excluding hydrogens is 300 g/mol. The average Bonchev–Trinajstić information content (AvgIpc) is 2.49. The fourth-order valence-corrected chi connectivity index (χ4v) is 3.81. The number of nitrogens with one attached hydrogen (secondary N) is 1. The third-order valence-corrected chi connectivity index (χ3v) is 5.69. The number of carbonyl (C=O) groups is 1. The first-order valence-corrected chi connectivity index (χ1v) is 9.16. The average molecular weight is 324 g/mol. The summed E-state index contributed by atoms with van der Waals surface area (Å²) < 4.78 is 27.2. The molecule has 0 spiro atoms. The van der Waals surface area contributed by atoms with Crippen LogP contribution >= 0.6 is 0 Å². The number of Topliss-reactive ketones (excluding diaryl/α,β-unsaturated/α-hetero) is 1. The summed E-state index contributed by atoms with van der Waals surface area (Å²) in [5.41, 5.74) is 0.415. The molecule has 0 unspecified atom stereocenters. The van der Waals surface area contributed by atoms with E-state index in [9.17, 15) is 13.2 Å². The normalized spacial score (nSPS) is 17.5. The zero-order valence-electron chi connectivity index (χ0n) is 13.2. The highest BCUT2D eigenvalue weighted by Crippen LogP contribution is 2.19. The summed E-state index contributed by atoms with van der Waals surface area (Å²) in [6.45, 7) is 4.04. The van der Waals surface area contributed by atoms with Crippen LogP contribution in [-0.4, -0.2) is 45.8 Å². The molecule has 22 heavy (non-hydrogen) atoms. The van der Waals surface area contributed by atoms with Gasteiger partial charge in [0.25, 0.3) is 0 Å². The van der Waals surface area contributed by atoms with Crippen molar-refractivity contribution in [3.63, 3.8) is 0 Å². The second kappa shape index (κ2) is 7.35. The van der Waals surface area contributed by atoms with Crippen molar-refractivity contribution in [3.8, 4) is 0 Å². The highest BCUT2D eigenvalue weighted by atomic mass is 32.2. The second-order valence-electron chi connectivity index (χ2n) is 6.02. The highest BCUT2D eigenvalue weighted by Gasteiger charge is 2.19. The van der Waals surface area contributed by atoms with Crippen LogP contribution < -0.4 is 4.72 Å². The van der Waals surface area contributed by atoms with Gasteiger partial charge in [-0.2, -0.15) is 0 Å². The summed E-state index contributed by atoms with van der Waals surface area (Å²) in [4.78, 5) is 13.8. The number of likely N-dealkylation sites (tertiary alicyclic amines) is 1. The van der Waals surface area contributed by atoms with E-state index in [4.69, 9.17) is 0 Å². The minimum atomic E-state index is -3.54. The number of hydrogen-bond acceptors (Lipinski definition) is 4. The summed E-state index contributed by atoms with van der Waals surface area (Å²) in [6.07, 6.45) is 3.11. The SMILES string of the molecule is CC(=O)c1cccc(S(=O)(=O)NCCC2CCN(C)CC2)c1. The Bertz CT molecular complexity index is 620. The molecule has 1 aromatic rings. The predicted molar refractivity (Wildman–Crippen MR) is 86.5 cm³/mol. The molecule has 1 N–H and O–H groups in total. The van der Waals surface area contributed by atoms with Crippen LogP contribution in [0.2, 0.25) is 0 Å². The molecule has 1 saturated heterocycles. The van der Waals surface area contributed by atoms with Crippen molar-refractivity contribution in [3.05, 3.63) is 29.8 Å². The molecule has 0 saturated carbocycles. The lowest BCUT2D eigenvalue weighted by Crippen LogP contribution is -2.32. The van der Waals surface area contributed by atoms with E-state index in [1.54, 1.807) is 12.1 Å². The van der Waals surface area contributed by atoms with Crippen LogP contribution in [0.4, 0.5) is 0 Å². The predicted octanol–water partition coefficient (Wildman–Crippen LogP) is 1.90. The molecule has 1 heterocycles. The molecule has 122 valence electrons. The molecule has 0 radical (unpaired) electrons. The van der Waals surface area contributed by atoms with Gasteiger partial charge in [0.2, 0.25) is 10.0 Å². The number of sulfonamides is 1. The van der Waals surface area contributed by atoms with Crippen LogP contribution in [0.15, 0.2) is 29.2 Å². The van der Waals surface area contributed by atoms with E-state index >= 15 is 0 Å². The molecule has 1 aliphatic heterocycles. The lowest BCUT2D eigenvalue weighted by atomic mass is 9.94. The van der Waals surface area contributed by atoms with E-state index < -0.39 is 10.0 Å². The maximum Gasteiger partial charge on any atom is 0.240 e. The Labute approximate surface area is 132 Å². The zero-order chi connectivity index (χ0) is 16.2. The first kappa shape index (κ1) is 17.1. The van der Waals surface area contributed by atoms with Crippen molar-refractivity contribution in [2.75, 3.05) is 26.7 Å². The molecule has 0 aliphatic carbocycles. The Morgan fingerprint density at radius 2 is 2.00 bits per heavy atom. The molecule has 1 fully saturated rings. The zero-order valence-corrected chi connectivity index (χ0v) is 14.0. The van der Waals surface area contributed by atoms with Gasteiger partial charge in [0, 0.05) is 12.1 Å². The number of hydrogen-bond donors (Lipinski definition) is 1. The third-order valence-electron chi connectivity index (χ3n) is 4.23. The summed E-state index contributed by atoms with van der Waals surface area (Å²) in [5.74, 6) is 0.450. The van der Waals surface area contributed by atoms with Gasteiger partial charge >= 0.3 is 0 Å². The standard InChI is InChI=1S/C16H24N2O3S/c1-13(19)15-4-3-5-16(12-15)22(20,21)17-9-6-14-7-10-18(2)11-8-14/h3-5,12,14,17H,6-11H2,1-2H3. The fourth-order valence-electron chi connectivity index (χ4n) is 2.71. The number of nitrogens with zero attached hydrogens (tertiary/aromatic N) is 1. The summed E-state index contributed by atoms with van der Waals surface area (Å²) in [7, 11) is -1.43. The molecule has 6 heteroatoms. The topological polar surface area (TPSA) is 66.5 Å². The number of benzene rings is 1. The van der Waals surface area contributed by atoms with E-state index in [2.05, 4.69) is 16.7 Å². The van der Waals surface area contributed by atoms with E-state index in [1.165, 1.54) is 19.1 Å². The largest absolute Gasteiger partial charge is 0.306 e. The van der Waals surface area contributed by atoms with Crippen LogP contribution in [0.25, 0.3) is 0 Å². The highest BCUT2D eigenvalue weighted by molar-refractivity contribution is 7.89. The minimum Gasteiger partial charge on any atom is -0.306 e. The maximum absolute atomic E-state index is 12.3. The Morgan fingerprint density at radius 3 is 2.64 bits per heavy atom. The van der Waals surface area contributed by atoms with E-state index in [1.807, 2.05) is 0 Å². The lowest BCUT2D eigenvalue weighted by molar-refractivity contribution is 0.101. The number of ketones is 1. The van der Waals surface area contributed by atoms with Gasteiger partial charge in [0.15, 0.2) is 5.78 Å². The Morgan fingerprint density at radius 1 is 1.32 bits per heavy atom. The van der Waals surface area contributed by atoms with Crippen LogP contribution in [0.1, 0.15) is 36.5 Å². The summed E-state index contributed by atoms with van der Waals surface area (Å²) >= 11 is 0. The van der Waals surface area contributed by atoms with E-state index in [0.29, 0.717) is 18.0 Å². The van der Waals surface area contributed by atoms with Crippen molar-refractivity contribution < 1.29 is 13.2 Å². The second-order valence-corrected chi connectivity index (χ2v) is 7.78. The first-order valence-electron chi connectivity index (χ1n) is 7.68. The fraction of sp³-hybridized carbons (Fsp3) is 0.562. The molecule has 0 aromatic heterocycles. The molecule has 2 rings (SSSR count). The Balaban J connectivity index is 1.91. The molecule has 1 aliphatic rings. The number of rotatable bonds is 6. The van der Waals surface area contributed by atoms with E-state index in [0.717, 1.165) is 32.4 Å². The molecule has 0 amide bonds. The van der Waals surface area contributed by atoms with Gasteiger partial charge in [0.05, 0.1) is 4.90 Å². The van der Waals surface area contributed by atoms with Crippen LogP contribution in [-0.2, 0) is 10.0 Å². The molecular formula is C16H24N2O3S. The number of piperidine rings is 1. The van der Waals surface area contributed by atoms with Gasteiger partial charge in [-0.05, 0) is 64.4 Å². The van der Waals surface area contributed by atoms with Gasteiger partial charge in [-0.3, -0.25) is 4.79 Å². The number of carbonyl (C=O) groups excluding carboxylic acids is 1. The van der Waals surface area contributed by atoms with Gasteiger partial charge in [-0.1, -0.05) is 12.1 Å². The Hall–Kier alpha value is -1.24. The molecule has 0 atom stereocenters. The van der Waals surface area contributed by atoms with Gasteiger partial charge < -0.3 is 4.90 Å². The molecule has 5 nitrogen and oxygen atoms in total. The lowest BCUT2D eigenvalue weighted by Gasteiger charge is -2.28. The van der Waals surface area contributed by atoms with Gasteiger partial charge in [0.1, 0.15) is 0 Å². The van der Waals surface area contributed by atoms with Crippen molar-refractivity contribution >= 4 is 15.8 Å². The summed E-state index contributed by atoms with van der Waals surface area (Å²) in [6, 6.07) is 6.17. The smallest absolute Gasteiger partial charge is 0.240 e. The van der Waals surface area contributed by atoms with Crippen molar-refractivity contribution in [1.29, 1.82) is 0 Å². The van der Waals surface area contributed by atoms with Crippen LogP contribution in [0.3, 0.4) is 0 Å². The monoisotopic (exact) mass is 324 g/mol. The molecule has 0 bridgehead atoms. The van der Waals surface area contributed by atoms with Crippen LogP contribution in [0, 0.1) is 5.92 Å². The quantitative estimate of drug-likeness (QED) is 0.812. The first-order chi connectivity index (χ1) is 10.4. The van der Waals surface area contributed by atoms with Gasteiger partial charge in [-0.25, -0.2) is 13.1 Å². The third kappa shape index (κ3) is 4.63. The summed E-state index contributed by atoms with van der Waals surface area (Å²) in [5, 5.41) is 0. The van der Waals surface area contributed by atoms with Crippen molar-refractivity contribution in [1.82, 2.24) is 9.62 Å². The van der Waals surface area contributed by atoms with E-state index in [-0.39, 0.29) is 10.7 Å². The van der Waals surface area contributed by atoms with Crippen molar-refractivity contribution in [2.45, 2.75) is 31.1 Å². The van der Waals surface area contributed by atoms with Gasteiger partial charge in [-0.15, -0.1) is 0 Å². The minimum absolute atomic E-state index is 0.136. The maximum atomic E-state index is 12.3.